The molecular formula is C51H48N4O. The van der Waals surface area contributed by atoms with Gasteiger partial charge in [-0.05, 0) is 91.6 Å². The van der Waals surface area contributed by atoms with Crippen LogP contribution >= 0.6 is 0 Å². The standard InChI is InChI=1S/C51H48N4O/c1-32(2)39-28-40(30-42(29-39)56-41-21-22-44-43-19-13-14-20-45(43)54(46(44)31-41)47-27-33(3)23-24-52-47)55-51(38-17-11-8-12-18-38)49(48-35(5)25-34(4)26-36(48)6)50(53-55)37-15-9-7-10-16-37/h7-25,27-32,34,36,48H,26H2,1-6H3/t34?,36-,48+/m0/s1. The number of aromatic nitrogens is 4. The molecule has 0 aliphatic heterocycles. The van der Waals surface area contributed by atoms with Gasteiger partial charge >= 0.3 is 0 Å². The highest BCUT2D eigenvalue weighted by molar-refractivity contribution is 6.09. The summed E-state index contributed by atoms with van der Waals surface area (Å²) < 4.78 is 11.3. The van der Waals surface area contributed by atoms with Gasteiger partial charge in [-0.3, -0.25) is 4.57 Å². The molecule has 5 nitrogen and oxygen atoms in total. The fraction of sp³-hybridized carbons (Fsp3) is 0.216. The van der Waals surface area contributed by atoms with Gasteiger partial charge in [0.15, 0.2) is 0 Å². The first-order valence-corrected chi connectivity index (χ1v) is 19.9. The van der Waals surface area contributed by atoms with Crippen LogP contribution in [-0.2, 0) is 0 Å². The molecule has 1 aliphatic rings. The van der Waals surface area contributed by atoms with Gasteiger partial charge in [0.2, 0.25) is 0 Å². The maximum Gasteiger partial charge on any atom is 0.137 e. The lowest BCUT2D eigenvalue weighted by molar-refractivity contribution is 0.393. The lowest BCUT2D eigenvalue weighted by Gasteiger charge is -2.33. The Morgan fingerprint density at radius 1 is 0.696 bits per heavy atom. The number of aryl methyl sites for hydroxylation is 1. The lowest BCUT2D eigenvalue weighted by Crippen LogP contribution is -2.20. The molecule has 0 N–H and O–H groups in total. The van der Waals surface area contributed by atoms with E-state index in [9.17, 15) is 0 Å². The molecule has 3 aromatic heterocycles. The van der Waals surface area contributed by atoms with E-state index in [0.29, 0.717) is 11.8 Å². The fourth-order valence-corrected chi connectivity index (χ4v) is 9.06. The third-order valence-corrected chi connectivity index (χ3v) is 11.5. The summed E-state index contributed by atoms with van der Waals surface area (Å²) in [4.78, 5) is 4.79. The normalized spacial score (nSPS) is 17.1. The van der Waals surface area contributed by atoms with E-state index >= 15 is 0 Å². The Balaban J connectivity index is 1.24. The van der Waals surface area contributed by atoms with Crippen molar-refractivity contribution < 1.29 is 4.74 Å². The zero-order valence-corrected chi connectivity index (χ0v) is 33.1. The van der Waals surface area contributed by atoms with E-state index in [0.717, 1.165) is 73.9 Å². The molecule has 0 saturated heterocycles. The fourth-order valence-electron chi connectivity index (χ4n) is 9.06. The van der Waals surface area contributed by atoms with Crippen molar-refractivity contribution in [2.75, 3.05) is 0 Å². The van der Waals surface area contributed by atoms with E-state index in [2.05, 4.69) is 184 Å². The predicted octanol–water partition coefficient (Wildman–Crippen LogP) is 13.6. The number of nitrogens with zero attached hydrogens (tertiary/aromatic N) is 4. The van der Waals surface area contributed by atoms with Crippen molar-refractivity contribution in [2.24, 2.45) is 11.8 Å². The van der Waals surface area contributed by atoms with Crippen molar-refractivity contribution in [1.29, 1.82) is 0 Å². The number of fused-ring (bicyclic) bond motifs is 3. The number of hydrogen-bond donors (Lipinski definition) is 0. The predicted molar refractivity (Wildman–Crippen MR) is 231 cm³/mol. The van der Waals surface area contributed by atoms with Gasteiger partial charge in [-0.2, -0.15) is 5.10 Å². The molecular weight excluding hydrogens is 685 g/mol. The van der Waals surface area contributed by atoms with E-state index in [1.807, 2.05) is 12.3 Å². The smallest absolute Gasteiger partial charge is 0.137 e. The van der Waals surface area contributed by atoms with Crippen LogP contribution in [0.25, 0.3) is 55.8 Å². The number of para-hydroxylation sites is 1. The van der Waals surface area contributed by atoms with Gasteiger partial charge in [0, 0.05) is 51.7 Å². The van der Waals surface area contributed by atoms with E-state index in [1.165, 1.54) is 22.1 Å². The van der Waals surface area contributed by atoms with Crippen LogP contribution in [0.15, 0.2) is 151 Å². The SMILES string of the molecule is CC1=CC(C)C[C@H](C)[C@@H]1c1c(-c2ccccc2)nn(-c2cc(Oc3ccc4c5ccccc5n(-c5cc(C)ccn5)c4c3)cc(C(C)C)c2)c1-c1ccccc1. The first-order valence-electron chi connectivity index (χ1n) is 19.9. The average Bonchev–Trinajstić information content (AvgIpc) is 3.74. The molecule has 3 heterocycles. The number of hydrogen-bond acceptors (Lipinski definition) is 3. The second-order valence-electron chi connectivity index (χ2n) is 16.1. The summed E-state index contributed by atoms with van der Waals surface area (Å²) in [6.07, 6.45) is 5.49. The Kier molecular flexibility index (Phi) is 9.17. The van der Waals surface area contributed by atoms with Crippen LogP contribution in [0.3, 0.4) is 0 Å². The molecule has 3 atom stereocenters. The Hall–Kier alpha value is -6.20. The molecule has 1 unspecified atom stereocenters. The summed E-state index contributed by atoms with van der Waals surface area (Å²) in [6.45, 7) is 13.7. The second kappa shape index (κ2) is 14.5. The number of rotatable bonds is 8. The molecule has 5 heteroatoms. The van der Waals surface area contributed by atoms with Crippen molar-refractivity contribution in [3.8, 4) is 45.5 Å². The average molecular weight is 733 g/mol. The van der Waals surface area contributed by atoms with E-state index in [1.54, 1.807) is 0 Å². The molecule has 0 fully saturated rings. The monoisotopic (exact) mass is 732 g/mol. The van der Waals surface area contributed by atoms with Crippen molar-refractivity contribution in [3.05, 3.63) is 168 Å². The lowest BCUT2D eigenvalue weighted by atomic mass is 9.71. The van der Waals surface area contributed by atoms with E-state index < -0.39 is 0 Å². The topological polar surface area (TPSA) is 44.9 Å². The Morgan fingerprint density at radius 3 is 2.14 bits per heavy atom. The van der Waals surface area contributed by atoms with Crippen LogP contribution in [-0.4, -0.2) is 19.3 Å². The third-order valence-electron chi connectivity index (χ3n) is 11.5. The van der Waals surface area contributed by atoms with Gasteiger partial charge in [0.25, 0.3) is 0 Å². The summed E-state index contributed by atoms with van der Waals surface area (Å²) in [5.41, 5.74) is 12.6. The van der Waals surface area contributed by atoms with Gasteiger partial charge in [-0.1, -0.05) is 118 Å². The molecule has 0 amide bonds. The van der Waals surface area contributed by atoms with Gasteiger partial charge in [0.1, 0.15) is 17.3 Å². The molecule has 8 aromatic rings. The number of benzene rings is 5. The van der Waals surface area contributed by atoms with Crippen molar-refractivity contribution in [1.82, 2.24) is 19.3 Å². The minimum Gasteiger partial charge on any atom is -0.457 e. The second-order valence-corrected chi connectivity index (χ2v) is 16.1. The maximum absolute atomic E-state index is 6.90. The largest absolute Gasteiger partial charge is 0.457 e. The number of pyridine rings is 1. The molecule has 5 aromatic carbocycles. The molecule has 0 saturated carbocycles. The number of allylic oxidation sites excluding steroid dienone is 2. The summed E-state index contributed by atoms with van der Waals surface area (Å²) in [6, 6.07) is 47.2. The zero-order chi connectivity index (χ0) is 38.5. The molecule has 0 radical (unpaired) electrons. The van der Waals surface area contributed by atoms with Crippen molar-refractivity contribution in [3.63, 3.8) is 0 Å². The molecule has 278 valence electrons. The summed E-state index contributed by atoms with van der Waals surface area (Å²) >= 11 is 0. The Morgan fingerprint density at radius 2 is 1.41 bits per heavy atom. The zero-order valence-electron chi connectivity index (χ0n) is 33.1. The van der Waals surface area contributed by atoms with Gasteiger partial charge < -0.3 is 4.74 Å². The highest BCUT2D eigenvalue weighted by atomic mass is 16.5. The minimum atomic E-state index is 0.232. The Bertz CT molecular complexity index is 2740. The Labute approximate surface area is 329 Å². The quantitative estimate of drug-likeness (QED) is 0.146. The minimum absolute atomic E-state index is 0.232. The summed E-state index contributed by atoms with van der Waals surface area (Å²) in [5.74, 6) is 3.93. The van der Waals surface area contributed by atoms with Crippen molar-refractivity contribution >= 4 is 21.8 Å². The molecule has 1 aliphatic carbocycles. The highest BCUT2D eigenvalue weighted by Gasteiger charge is 2.34. The third kappa shape index (κ3) is 6.41. The van der Waals surface area contributed by atoms with Crippen LogP contribution in [0.2, 0.25) is 0 Å². The van der Waals surface area contributed by atoms with Gasteiger partial charge in [-0.25, -0.2) is 9.67 Å². The summed E-state index contributed by atoms with van der Waals surface area (Å²) in [7, 11) is 0. The van der Waals surface area contributed by atoms with Crippen LogP contribution < -0.4 is 4.74 Å². The van der Waals surface area contributed by atoms with Gasteiger partial charge in [0.05, 0.1) is 28.1 Å². The highest BCUT2D eigenvalue weighted by Crippen LogP contribution is 2.48. The summed E-state index contributed by atoms with van der Waals surface area (Å²) in [5, 5.41) is 7.93. The molecule has 0 spiro atoms. The molecule has 9 rings (SSSR count). The van der Waals surface area contributed by atoms with Crippen LogP contribution in [0, 0.1) is 18.8 Å². The first-order chi connectivity index (χ1) is 27.2. The van der Waals surface area contributed by atoms with Crippen LogP contribution in [0.5, 0.6) is 11.5 Å². The maximum atomic E-state index is 6.90. The van der Waals surface area contributed by atoms with Crippen molar-refractivity contribution in [2.45, 2.75) is 59.8 Å². The van der Waals surface area contributed by atoms with E-state index in [-0.39, 0.29) is 11.8 Å². The molecule has 0 bridgehead atoms. The van der Waals surface area contributed by atoms with Gasteiger partial charge in [-0.15, -0.1) is 0 Å². The van der Waals surface area contributed by atoms with Crippen LogP contribution in [0.4, 0.5) is 0 Å². The number of ether oxygens (including phenoxy) is 1. The molecule has 56 heavy (non-hydrogen) atoms. The first kappa shape index (κ1) is 35.5. The van der Waals surface area contributed by atoms with Crippen LogP contribution in [0.1, 0.15) is 69.6 Å². The van der Waals surface area contributed by atoms with E-state index in [4.69, 9.17) is 14.8 Å².